The Kier molecular flexibility index (Phi) is 4.89. The number of hydrogen-bond donors (Lipinski definition) is 1. The number of carbonyl (C=O) groups excluding carboxylic acids is 1. The summed E-state index contributed by atoms with van der Waals surface area (Å²) in [6, 6.07) is 17.7. The number of benzene rings is 2. The Morgan fingerprint density at radius 2 is 1.93 bits per heavy atom. The number of carbonyl (C=O) groups is 1. The highest BCUT2D eigenvalue weighted by atomic mass is 35.5. The van der Waals surface area contributed by atoms with E-state index in [1.165, 1.54) is 11.3 Å². The second kappa shape index (κ2) is 7.70. The van der Waals surface area contributed by atoms with Crippen LogP contribution >= 0.6 is 22.9 Å². The maximum absolute atomic E-state index is 12.9. The van der Waals surface area contributed by atoms with Crippen molar-refractivity contribution in [1.82, 2.24) is 14.5 Å². The topological polar surface area (TPSA) is 59.8 Å². The molecule has 2 aromatic heterocycles. The van der Waals surface area contributed by atoms with E-state index in [0.29, 0.717) is 5.13 Å². The molecular formula is C23H19ClN4OS. The zero-order chi connectivity index (χ0) is 20.7. The Bertz CT molecular complexity index is 1220. The average molecular weight is 435 g/mol. The molecule has 150 valence electrons. The summed E-state index contributed by atoms with van der Waals surface area (Å²) < 4.78 is 1.96. The van der Waals surface area contributed by atoms with Gasteiger partial charge in [-0.15, -0.1) is 0 Å². The van der Waals surface area contributed by atoms with Crippen molar-refractivity contribution >= 4 is 34.0 Å². The number of nitrogens with zero attached hydrogens (tertiary/aromatic N) is 3. The van der Waals surface area contributed by atoms with E-state index in [4.69, 9.17) is 16.6 Å². The van der Waals surface area contributed by atoms with Gasteiger partial charge in [0.15, 0.2) is 11.0 Å². The predicted molar refractivity (Wildman–Crippen MR) is 121 cm³/mol. The van der Waals surface area contributed by atoms with Gasteiger partial charge in [0.1, 0.15) is 0 Å². The van der Waals surface area contributed by atoms with Crippen LogP contribution in [-0.4, -0.2) is 20.4 Å². The molecule has 4 aromatic rings. The Morgan fingerprint density at radius 3 is 2.67 bits per heavy atom. The Morgan fingerprint density at radius 1 is 1.17 bits per heavy atom. The van der Waals surface area contributed by atoms with Crippen molar-refractivity contribution in [3.05, 3.63) is 77.6 Å². The first-order chi connectivity index (χ1) is 14.6. The number of imidazole rings is 1. The van der Waals surface area contributed by atoms with E-state index in [1.807, 2.05) is 72.4 Å². The summed E-state index contributed by atoms with van der Waals surface area (Å²) in [5, 5.41) is 4.33. The molecule has 1 saturated carbocycles. The van der Waals surface area contributed by atoms with Crippen molar-refractivity contribution in [2.75, 3.05) is 5.32 Å². The van der Waals surface area contributed by atoms with Gasteiger partial charge in [0, 0.05) is 35.9 Å². The maximum Gasteiger partial charge on any atom is 0.229 e. The van der Waals surface area contributed by atoms with E-state index in [9.17, 15) is 4.79 Å². The smallest absolute Gasteiger partial charge is 0.229 e. The van der Waals surface area contributed by atoms with Crippen LogP contribution in [0.4, 0.5) is 5.13 Å². The van der Waals surface area contributed by atoms with E-state index in [0.717, 1.165) is 39.0 Å². The lowest BCUT2D eigenvalue weighted by Crippen LogP contribution is -2.14. The van der Waals surface area contributed by atoms with Gasteiger partial charge in [-0.05, 0) is 24.0 Å². The molecule has 1 aliphatic rings. The lowest BCUT2D eigenvalue weighted by atomic mass is 10.1. The van der Waals surface area contributed by atoms with Gasteiger partial charge in [0.25, 0.3) is 0 Å². The third-order valence-electron chi connectivity index (χ3n) is 5.36. The largest absolute Gasteiger partial charge is 0.333 e. The molecule has 0 bridgehead atoms. The van der Waals surface area contributed by atoms with Gasteiger partial charge in [0.2, 0.25) is 5.91 Å². The fourth-order valence-electron chi connectivity index (χ4n) is 3.70. The van der Waals surface area contributed by atoms with Gasteiger partial charge < -0.3 is 9.88 Å². The predicted octanol–water partition coefficient (Wildman–Crippen LogP) is 5.61. The lowest BCUT2D eigenvalue weighted by molar-refractivity contribution is -0.117. The number of amides is 1. The van der Waals surface area contributed by atoms with Gasteiger partial charge in [-0.3, -0.25) is 4.79 Å². The standard InChI is InChI=1S/C23H19ClN4OS/c1-28-12-11-25-21(28)20-19(14-7-3-2-4-8-14)26-23(30-20)27-22(29)17-13-16(17)15-9-5-6-10-18(15)24/h2-12,16-17H,13H2,1H3,(H,26,27,29)/t16-,17+/m1/s1. The molecular weight excluding hydrogens is 416 g/mol. The van der Waals surface area contributed by atoms with Crippen LogP contribution in [0.3, 0.4) is 0 Å². The summed E-state index contributed by atoms with van der Waals surface area (Å²) in [6.45, 7) is 0. The zero-order valence-electron chi connectivity index (χ0n) is 16.2. The molecule has 1 N–H and O–H groups in total. The Labute approximate surface area is 183 Å². The summed E-state index contributed by atoms with van der Waals surface area (Å²) in [4.78, 5) is 23.0. The molecule has 5 rings (SSSR count). The molecule has 1 aliphatic carbocycles. The highest BCUT2D eigenvalue weighted by Crippen LogP contribution is 2.50. The van der Waals surface area contributed by atoms with Gasteiger partial charge in [-0.2, -0.15) is 0 Å². The second-order valence-corrected chi connectivity index (χ2v) is 8.79. The van der Waals surface area contributed by atoms with Crippen molar-refractivity contribution in [3.8, 4) is 22.0 Å². The van der Waals surface area contributed by atoms with Gasteiger partial charge in [0.05, 0.1) is 10.6 Å². The highest BCUT2D eigenvalue weighted by Gasteiger charge is 2.45. The Hall–Kier alpha value is -2.96. The molecule has 1 fully saturated rings. The van der Waals surface area contributed by atoms with Gasteiger partial charge >= 0.3 is 0 Å². The number of halogens is 1. The molecule has 1 amide bonds. The van der Waals surface area contributed by atoms with Crippen LogP contribution in [0.5, 0.6) is 0 Å². The normalized spacial score (nSPS) is 17.7. The fraction of sp³-hybridized carbons (Fsp3) is 0.174. The number of rotatable bonds is 5. The van der Waals surface area contributed by atoms with Crippen molar-refractivity contribution in [1.29, 1.82) is 0 Å². The van der Waals surface area contributed by atoms with Crippen molar-refractivity contribution in [3.63, 3.8) is 0 Å². The third kappa shape index (κ3) is 3.53. The molecule has 7 heteroatoms. The molecule has 0 unspecified atom stereocenters. The minimum atomic E-state index is -0.0782. The average Bonchev–Trinajstić information content (AvgIpc) is 3.27. The second-order valence-electron chi connectivity index (χ2n) is 7.38. The monoisotopic (exact) mass is 434 g/mol. The number of nitrogens with one attached hydrogen (secondary N) is 1. The summed E-state index contributed by atoms with van der Waals surface area (Å²) in [6.07, 6.45) is 4.47. The van der Waals surface area contributed by atoms with Crippen LogP contribution in [0.1, 0.15) is 17.9 Å². The summed E-state index contributed by atoms with van der Waals surface area (Å²) >= 11 is 7.75. The van der Waals surface area contributed by atoms with Crippen LogP contribution in [-0.2, 0) is 11.8 Å². The van der Waals surface area contributed by atoms with Crippen LogP contribution in [0.25, 0.3) is 22.0 Å². The summed E-state index contributed by atoms with van der Waals surface area (Å²) in [5.41, 5.74) is 2.85. The number of hydrogen-bond acceptors (Lipinski definition) is 4. The number of aromatic nitrogens is 3. The van der Waals surface area contributed by atoms with Crippen LogP contribution in [0.15, 0.2) is 67.0 Å². The molecule has 2 atom stereocenters. The lowest BCUT2D eigenvalue weighted by Gasteiger charge is -2.03. The molecule has 30 heavy (non-hydrogen) atoms. The third-order valence-corrected chi connectivity index (χ3v) is 6.67. The molecule has 0 saturated heterocycles. The van der Waals surface area contributed by atoms with Gasteiger partial charge in [-0.1, -0.05) is 71.5 Å². The highest BCUT2D eigenvalue weighted by molar-refractivity contribution is 7.19. The first-order valence-corrected chi connectivity index (χ1v) is 10.9. The van der Waals surface area contributed by atoms with Crippen LogP contribution < -0.4 is 5.32 Å². The van der Waals surface area contributed by atoms with E-state index < -0.39 is 0 Å². The molecule has 0 radical (unpaired) electrons. The van der Waals surface area contributed by atoms with Crippen molar-refractivity contribution < 1.29 is 4.79 Å². The maximum atomic E-state index is 12.9. The summed E-state index contributed by atoms with van der Waals surface area (Å²) in [5.74, 6) is 0.902. The van der Waals surface area contributed by atoms with Crippen LogP contribution in [0, 0.1) is 5.92 Å². The van der Waals surface area contributed by atoms with E-state index in [-0.39, 0.29) is 17.7 Å². The Balaban J connectivity index is 1.42. The van der Waals surface area contributed by atoms with Crippen molar-refractivity contribution in [2.24, 2.45) is 13.0 Å². The van der Waals surface area contributed by atoms with Gasteiger partial charge in [-0.25, -0.2) is 9.97 Å². The quantitative estimate of drug-likeness (QED) is 0.444. The minimum absolute atomic E-state index is 0.0142. The first kappa shape index (κ1) is 19.0. The van der Waals surface area contributed by atoms with E-state index in [2.05, 4.69) is 10.3 Å². The molecule has 0 spiro atoms. The molecule has 2 heterocycles. The van der Waals surface area contributed by atoms with E-state index in [1.54, 1.807) is 6.20 Å². The molecule has 2 aromatic carbocycles. The minimum Gasteiger partial charge on any atom is -0.333 e. The molecule has 5 nitrogen and oxygen atoms in total. The number of aryl methyl sites for hydroxylation is 1. The van der Waals surface area contributed by atoms with Crippen molar-refractivity contribution in [2.45, 2.75) is 12.3 Å². The summed E-state index contributed by atoms with van der Waals surface area (Å²) in [7, 11) is 1.95. The fourth-order valence-corrected chi connectivity index (χ4v) is 5.01. The number of thiazole rings is 1. The van der Waals surface area contributed by atoms with Crippen LogP contribution in [0.2, 0.25) is 5.02 Å². The number of anilines is 1. The van der Waals surface area contributed by atoms with E-state index >= 15 is 0 Å². The molecule has 0 aliphatic heterocycles. The first-order valence-electron chi connectivity index (χ1n) is 9.71. The SMILES string of the molecule is Cn1ccnc1-c1sc(NC(=O)[C@H]2C[C@@H]2c2ccccc2Cl)nc1-c1ccccc1. The zero-order valence-corrected chi connectivity index (χ0v) is 17.8.